The molecule has 4 rings (SSSR count). The van der Waals surface area contributed by atoms with Crippen LogP contribution in [0.3, 0.4) is 0 Å². The molecule has 0 saturated carbocycles. The first kappa shape index (κ1) is 22.7. The summed E-state index contributed by atoms with van der Waals surface area (Å²) < 4.78 is 37.6. The van der Waals surface area contributed by atoms with Crippen molar-refractivity contribution in [2.75, 3.05) is 23.3 Å². The van der Waals surface area contributed by atoms with Gasteiger partial charge in [0.1, 0.15) is 5.82 Å². The number of β-amino-alcohol motifs (C(OH)–C–C–N with tert-alkyl or cyclic N) is 1. The Hall–Kier alpha value is -3.46. The minimum Gasteiger partial charge on any atom is -0.391 e. The fourth-order valence-corrected chi connectivity index (χ4v) is 3.82. The van der Waals surface area contributed by atoms with Gasteiger partial charge >= 0.3 is 6.18 Å². The number of alkyl halides is 3. The first-order valence-corrected chi connectivity index (χ1v) is 10.5. The van der Waals surface area contributed by atoms with Crippen molar-refractivity contribution in [3.63, 3.8) is 0 Å². The van der Waals surface area contributed by atoms with Crippen LogP contribution in [-0.2, 0) is 6.42 Å². The summed E-state index contributed by atoms with van der Waals surface area (Å²) in [5.74, 6) is 0.230. The molecule has 33 heavy (non-hydrogen) atoms. The number of rotatable bonds is 5. The summed E-state index contributed by atoms with van der Waals surface area (Å²) in [6.45, 7) is 3.02. The first-order chi connectivity index (χ1) is 15.7. The summed E-state index contributed by atoms with van der Waals surface area (Å²) in [6.07, 6.45) is -0.217. The summed E-state index contributed by atoms with van der Waals surface area (Å²) in [5, 5.41) is 12.7. The van der Waals surface area contributed by atoms with E-state index in [0.29, 0.717) is 42.1 Å². The van der Waals surface area contributed by atoms with Crippen molar-refractivity contribution in [3.8, 4) is 11.1 Å². The van der Waals surface area contributed by atoms with Crippen molar-refractivity contribution in [3.05, 3.63) is 71.7 Å². The van der Waals surface area contributed by atoms with E-state index in [9.17, 15) is 23.1 Å². The van der Waals surface area contributed by atoms with Crippen molar-refractivity contribution >= 4 is 17.4 Å². The maximum Gasteiger partial charge on any atom is 0.393 e. The van der Waals surface area contributed by atoms with E-state index in [1.165, 1.54) is 30.5 Å². The highest BCUT2D eigenvalue weighted by atomic mass is 19.4. The summed E-state index contributed by atoms with van der Waals surface area (Å²) in [6, 6.07) is 9.23. The largest absolute Gasteiger partial charge is 0.393 e. The summed E-state index contributed by atoms with van der Waals surface area (Å²) in [5.41, 5.74) is 3.27. The molecule has 0 aliphatic carbocycles. The van der Waals surface area contributed by atoms with Crippen LogP contribution < -0.4 is 10.2 Å². The van der Waals surface area contributed by atoms with E-state index in [4.69, 9.17) is 0 Å². The van der Waals surface area contributed by atoms with Gasteiger partial charge in [-0.2, -0.15) is 13.2 Å². The molecule has 1 atom stereocenters. The third-order valence-corrected chi connectivity index (χ3v) is 5.39. The van der Waals surface area contributed by atoms with Crippen molar-refractivity contribution < 1.29 is 23.1 Å². The topological polar surface area (TPSA) is 78.4 Å². The van der Waals surface area contributed by atoms with Crippen LogP contribution in [0.25, 0.3) is 11.1 Å². The lowest BCUT2D eigenvalue weighted by Gasteiger charge is -2.21. The van der Waals surface area contributed by atoms with Gasteiger partial charge in [0.2, 0.25) is 0 Å². The third-order valence-electron chi connectivity index (χ3n) is 5.39. The van der Waals surface area contributed by atoms with Crippen LogP contribution in [-0.4, -0.2) is 46.4 Å². The van der Waals surface area contributed by atoms with E-state index >= 15 is 0 Å². The highest BCUT2D eigenvalue weighted by molar-refractivity contribution is 6.05. The molecule has 2 N–H and O–H groups in total. The number of aryl methyl sites for hydroxylation is 1. The zero-order valence-electron chi connectivity index (χ0n) is 17.9. The predicted molar refractivity (Wildman–Crippen MR) is 119 cm³/mol. The first-order valence-electron chi connectivity index (χ1n) is 10.5. The number of carbonyl (C=O) groups is 1. The van der Waals surface area contributed by atoms with Gasteiger partial charge in [0, 0.05) is 48.5 Å². The van der Waals surface area contributed by atoms with E-state index in [0.717, 1.165) is 11.1 Å². The summed E-state index contributed by atoms with van der Waals surface area (Å²) in [4.78, 5) is 23.6. The number of aliphatic hydroxyl groups is 1. The SMILES string of the molecule is Cc1cncc(-c2cc(C(=O)Nc3ccc(CC(F)(F)F)cc3)cnc2N2CC[C@@H](O)C2)c1. The van der Waals surface area contributed by atoms with Crippen LogP contribution in [0.2, 0.25) is 0 Å². The number of hydrogen-bond acceptors (Lipinski definition) is 5. The Labute approximate surface area is 189 Å². The number of nitrogens with zero attached hydrogens (tertiary/aromatic N) is 3. The van der Waals surface area contributed by atoms with Crippen molar-refractivity contribution in [2.45, 2.75) is 32.0 Å². The molecule has 0 unspecified atom stereocenters. The second kappa shape index (κ2) is 9.19. The monoisotopic (exact) mass is 456 g/mol. The minimum atomic E-state index is -4.29. The Bertz CT molecular complexity index is 1150. The molecular weight excluding hydrogens is 433 g/mol. The second-order valence-corrected chi connectivity index (χ2v) is 8.18. The molecule has 1 fully saturated rings. The smallest absolute Gasteiger partial charge is 0.391 e. The van der Waals surface area contributed by atoms with Crippen LogP contribution in [0.4, 0.5) is 24.7 Å². The molecule has 0 spiro atoms. The predicted octanol–water partition coefficient (Wildman–Crippen LogP) is 4.38. The average Bonchev–Trinajstić information content (AvgIpc) is 3.20. The fraction of sp³-hybridized carbons (Fsp3) is 0.292. The highest BCUT2D eigenvalue weighted by Gasteiger charge is 2.27. The maximum absolute atomic E-state index is 12.9. The Morgan fingerprint density at radius 1 is 1.18 bits per heavy atom. The molecule has 2 aromatic heterocycles. The lowest BCUT2D eigenvalue weighted by Crippen LogP contribution is -2.23. The van der Waals surface area contributed by atoms with Crippen molar-refractivity contribution in [1.82, 2.24) is 9.97 Å². The zero-order valence-corrected chi connectivity index (χ0v) is 17.9. The van der Waals surface area contributed by atoms with Gasteiger partial charge in [0.15, 0.2) is 0 Å². The Kier molecular flexibility index (Phi) is 6.33. The number of nitrogens with one attached hydrogen (secondary N) is 1. The van der Waals surface area contributed by atoms with Gasteiger partial charge in [-0.05, 0) is 48.7 Å². The minimum absolute atomic E-state index is 0.119. The molecule has 0 bridgehead atoms. The number of carbonyl (C=O) groups excluding carboxylic acids is 1. The van der Waals surface area contributed by atoms with Gasteiger partial charge < -0.3 is 15.3 Å². The number of hydrogen-bond donors (Lipinski definition) is 2. The van der Waals surface area contributed by atoms with Gasteiger partial charge in [-0.25, -0.2) is 4.98 Å². The van der Waals surface area contributed by atoms with E-state index in [-0.39, 0.29) is 5.56 Å². The average molecular weight is 456 g/mol. The molecule has 1 saturated heterocycles. The quantitative estimate of drug-likeness (QED) is 0.596. The molecule has 3 heterocycles. The molecule has 9 heteroatoms. The molecule has 6 nitrogen and oxygen atoms in total. The normalized spacial score (nSPS) is 16.2. The standard InChI is InChI=1S/C24H23F3N4O2/c1-15-8-17(12-28-11-15)21-9-18(13-29-22(21)31-7-6-20(32)14-31)23(33)30-19-4-2-16(3-5-19)10-24(25,26)27/h2-5,8-9,11-13,20,32H,6-7,10,14H2,1H3,(H,30,33)/t20-/m1/s1. The fourth-order valence-electron chi connectivity index (χ4n) is 3.82. The number of aromatic nitrogens is 2. The zero-order chi connectivity index (χ0) is 23.6. The van der Waals surface area contributed by atoms with Crippen LogP contribution in [0, 0.1) is 6.92 Å². The number of benzene rings is 1. The number of pyridine rings is 2. The molecule has 3 aromatic rings. The molecule has 1 amide bonds. The van der Waals surface area contributed by atoms with E-state index in [2.05, 4.69) is 15.3 Å². The van der Waals surface area contributed by atoms with Gasteiger partial charge in [-0.3, -0.25) is 9.78 Å². The van der Waals surface area contributed by atoms with Crippen LogP contribution in [0.15, 0.2) is 55.0 Å². The van der Waals surface area contributed by atoms with E-state index in [1.54, 1.807) is 18.5 Å². The summed E-state index contributed by atoms with van der Waals surface area (Å²) >= 11 is 0. The van der Waals surface area contributed by atoms with E-state index in [1.807, 2.05) is 17.9 Å². The molecule has 172 valence electrons. The van der Waals surface area contributed by atoms with Gasteiger partial charge in [0.05, 0.1) is 18.1 Å². The number of halogens is 3. The Morgan fingerprint density at radius 3 is 2.58 bits per heavy atom. The molecule has 1 aliphatic heterocycles. The molecule has 0 radical (unpaired) electrons. The lowest BCUT2D eigenvalue weighted by molar-refractivity contribution is -0.127. The van der Waals surface area contributed by atoms with Crippen LogP contribution >= 0.6 is 0 Å². The Morgan fingerprint density at radius 2 is 1.94 bits per heavy atom. The van der Waals surface area contributed by atoms with Gasteiger partial charge in [-0.1, -0.05) is 12.1 Å². The number of anilines is 2. The van der Waals surface area contributed by atoms with Crippen molar-refractivity contribution in [2.24, 2.45) is 0 Å². The van der Waals surface area contributed by atoms with Crippen molar-refractivity contribution in [1.29, 1.82) is 0 Å². The van der Waals surface area contributed by atoms with Gasteiger partial charge in [-0.15, -0.1) is 0 Å². The van der Waals surface area contributed by atoms with Crippen LogP contribution in [0.1, 0.15) is 27.9 Å². The third kappa shape index (κ3) is 5.67. The number of aliphatic hydroxyl groups excluding tert-OH is 1. The highest BCUT2D eigenvalue weighted by Crippen LogP contribution is 2.32. The van der Waals surface area contributed by atoms with E-state index < -0.39 is 24.6 Å². The van der Waals surface area contributed by atoms with Crippen LogP contribution in [0.5, 0.6) is 0 Å². The lowest BCUT2D eigenvalue weighted by atomic mass is 10.0. The molecule has 1 aromatic carbocycles. The Balaban J connectivity index is 1.60. The molecular formula is C24H23F3N4O2. The van der Waals surface area contributed by atoms with Gasteiger partial charge in [0.25, 0.3) is 5.91 Å². The second-order valence-electron chi connectivity index (χ2n) is 8.18. The summed E-state index contributed by atoms with van der Waals surface area (Å²) in [7, 11) is 0. The molecule has 1 aliphatic rings. The maximum atomic E-state index is 12.9. The number of amides is 1.